The van der Waals surface area contributed by atoms with Crippen molar-refractivity contribution in [2.24, 2.45) is 5.92 Å². The normalized spacial score (nSPS) is 10.7. The summed E-state index contributed by atoms with van der Waals surface area (Å²) in [6.45, 7) is 4.77. The number of nitrogens with zero attached hydrogens (tertiary/aromatic N) is 1. The highest BCUT2D eigenvalue weighted by Crippen LogP contribution is 2.11. The van der Waals surface area contributed by atoms with Crippen LogP contribution in [0.1, 0.15) is 37.0 Å². The lowest BCUT2D eigenvalue weighted by atomic mass is 10.0. The predicted molar refractivity (Wildman–Crippen MR) is 86.7 cm³/mol. The summed E-state index contributed by atoms with van der Waals surface area (Å²) in [6, 6.07) is 8.71. The highest BCUT2D eigenvalue weighted by molar-refractivity contribution is 5.94. The minimum Gasteiger partial charge on any atom is -0.352 e. The summed E-state index contributed by atoms with van der Waals surface area (Å²) in [5.74, 6) is 0.108. The molecule has 1 amide bonds. The average Bonchev–Trinajstić information content (AvgIpc) is 2.56. The Hall–Kier alpha value is -2.43. The SMILES string of the molecule is CCC(CC)CNC(=O)c1ccc(-c2ccccn2)[nH]c1=O. The molecule has 0 bridgehead atoms. The van der Waals surface area contributed by atoms with E-state index in [4.69, 9.17) is 0 Å². The van der Waals surface area contributed by atoms with Gasteiger partial charge in [-0.25, -0.2) is 0 Å². The molecule has 0 spiro atoms. The van der Waals surface area contributed by atoms with E-state index in [9.17, 15) is 9.59 Å². The fourth-order valence-electron chi connectivity index (χ4n) is 2.23. The molecule has 116 valence electrons. The Labute approximate surface area is 129 Å². The van der Waals surface area contributed by atoms with Crippen molar-refractivity contribution in [2.45, 2.75) is 26.7 Å². The molecular formula is C17H21N3O2. The van der Waals surface area contributed by atoms with Gasteiger partial charge in [0, 0.05) is 12.7 Å². The molecule has 2 heterocycles. The second-order valence-electron chi connectivity index (χ2n) is 5.22. The summed E-state index contributed by atoms with van der Waals surface area (Å²) in [4.78, 5) is 31.1. The first kappa shape index (κ1) is 15.9. The lowest BCUT2D eigenvalue weighted by molar-refractivity contribution is 0.0945. The lowest BCUT2D eigenvalue weighted by Gasteiger charge is -2.13. The van der Waals surface area contributed by atoms with E-state index in [1.807, 2.05) is 6.07 Å². The molecule has 0 saturated heterocycles. The number of aromatic amines is 1. The summed E-state index contributed by atoms with van der Waals surface area (Å²) >= 11 is 0. The van der Waals surface area contributed by atoms with Crippen molar-refractivity contribution in [2.75, 3.05) is 6.54 Å². The van der Waals surface area contributed by atoms with Gasteiger partial charge in [0.15, 0.2) is 0 Å². The van der Waals surface area contributed by atoms with Crippen LogP contribution in [0.15, 0.2) is 41.3 Å². The van der Waals surface area contributed by atoms with Crippen LogP contribution >= 0.6 is 0 Å². The zero-order valence-electron chi connectivity index (χ0n) is 12.9. The van der Waals surface area contributed by atoms with E-state index in [1.54, 1.807) is 30.5 Å². The molecule has 5 heteroatoms. The van der Waals surface area contributed by atoms with Gasteiger partial charge in [0.25, 0.3) is 11.5 Å². The van der Waals surface area contributed by atoms with E-state index in [0.29, 0.717) is 23.9 Å². The van der Waals surface area contributed by atoms with Crippen molar-refractivity contribution in [3.63, 3.8) is 0 Å². The Bertz CT molecular complexity index is 676. The van der Waals surface area contributed by atoms with E-state index in [-0.39, 0.29) is 11.5 Å². The molecule has 22 heavy (non-hydrogen) atoms. The van der Waals surface area contributed by atoms with Crippen molar-refractivity contribution in [3.8, 4) is 11.4 Å². The van der Waals surface area contributed by atoms with E-state index in [2.05, 4.69) is 29.1 Å². The van der Waals surface area contributed by atoms with Crippen LogP contribution in [0.5, 0.6) is 0 Å². The molecule has 0 fully saturated rings. The Kier molecular flexibility index (Phi) is 5.47. The summed E-state index contributed by atoms with van der Waals surface area (Å²) in [7, 11) is 0. The Morgan fingerprint density at radius 2 is 2.00 bits per heavy atom. The summed E-state index contributed by atoms with van der Waals surface area (Å²) in [5.41, 5.74) is 1.00. The van der Waals surface area contributed by atoms with Gasteiger partial charge in [-0.15, -0.1) is 0 Å². The Morgan fingerprint density at radius 1 is 1.23 bits per heavy atom. The average molecular weight is 299 g/mol. The molecule has 0 saturated carbocycles. The van der Waals surface area contributed by atoms with Crippen molar-refractivity contribution in [3.05, 3.63) is 52.4 Å². The van der Waals surface area contributed by atoms with E-state index < -0.39 is 5.56 Å². The molecule has 2 N–H and O–H groups in total. The van der Waals surface area contributed by atoms with Crippen LogP contribution < -0.4 is 10.9 Å². The number of hydrogen-bond acceptors (Lipinski definition) is 3. The zero-order valence-corrected chi connectivity index (χ0v) is 12.9. The smallest absolute Gasteiger partial charge is 0.261 e. The molecule has 0 unspecified atom stereocenters. The van der Waals surface area contributed by atoms with Crippen molar-refractivity contribution < 1.29 is 4.79 Å². The third-order valence-electron chi connectivity index (χ3n) is 3.80. The molecule has 2 rings (SSSR count). The number of H-pyrrole nitrogens is 1. The van der Waals surface area contributed by atoms with Crippen molar-refractivity contribution in [1.29, 1.82) is 0 Å². The summed E-state index contributed by atoms with van der Waals surface area (Å²) < 4.78 is 0. The van der Waals surface area contributed by atoms with Gasteiger partial charge >= 0.3 is 0 Å². The first-order valence-corrected chi connectivity index (χ1v) is 7.58. The van der Waals surface area contributed by atoms with E-state index in [1.165, 1.54) is 0 Å². The van der Waals surface area contributed by atoms with Gasteiger partial charge in [-0.05, 0) is 30.2 Å². The van der Waals surface area contributed by atoms with Crippen molar-refractivity contribution >= 4 is 5.91 Å². The van der Waals surface area contributed by atoms with Gasteiger partial charge in [0.2, 0.25) is 0 Å². The van der Waals surface area contributed by atoms with Crippen LogP contribution in [0.2, 0.25) is 0 Å². The summed E-state index contributed by atoms with van der Waals surface area (Å²) in [6.07, 6.45) is 3.67. The number of aromatic nitrogens is 2. The third kappa shape index (κ3) is 3.81. The second kappa shape index (κ2) is 7.54. The quantitative estimate of drug-likeness (QED) is 0.861. The van der Waals surface area contributed by atoms with Crippen LogP contribution in [-0.2, 0) is 0 Å². The van der Waals surface area contributed by atoms with Gasteiger partial charge in [-0.2, -0.15) is 0 Å². The van der Waals surface area contributed by atoms with E-state index >= 15 is 0 Å². The van der Waals surface area contributed by atoms with E-state index in [0.717, 1.165) is 12.8 Å². The van der Waals surface area contributed by atoms with Crippen LogP contribution in [0.25, 0.3) is 11.4 Å². The molecule has 0 aliphatic carbocycles. The monoisotopic (exact) mass is 299 g/mol. The highest BCUT2D eigenvalue weighted by Gasteiger charge is 2.13. The molecule has 0 radical (unpaired) electrons. The van der Waals surface area contributed by atoms with Crippen LogP contribution in [0, 0.1) is 5.92 Å². The molecule has 0 aliphatic heterocycles. The Balaban J connectivity index is 2.13. The molecule has 2 aromatic rings. The maximum Gasteiger partial charge on any atom is 0.261 e. The number of hydrogen-bond donors (Lipinski definition) is 2. The predicted octanol–water partition coefficient (Wildman–Crippen LogP) is 2.60. The minimum atomic E-state index is -0.398. The Morgan fingerprint density at radius 3 is 2.59 bits per heavy atom. The molecule has 5 nitrogen and oxygen atoms in total. The molecule has 0 aromatic carbocycles. The van der Waals surface area contributed by atoms with Gasteiger partial charge in [0.05, 0.1) is 11.4 Å². The van der Waals surface area contributed by atoms with Crippen LogP contribution in [0.3, 0.4) is 0 Å². The largest absolute Gasteiger partial charge is 0.352 e. The first-order valence-electron chi connectivity index (χ1n) is 7.58. The fourth-order valence-corrected chi connectivity index (χ4v) is 2.23. The fraction of sp³-hybridized carbons (Fsp3) is 0.353. The molecule has 0 atom stereocenters. The van der Waals surface area contributed by atoms with Gasteiger partial charge in [-0.3, -0.25) is 14.6 Å². The van der Waals surface area contributed by atoms with Crippen molar-refractivity contribution in [1.82, 2.24) is 15.3 Å². The third-order valence-corrected chi connectivity index (χ3v) is 3.80. The topological polar surface area (TPSA) is 74.8 Å². The van der Waals surface area contributed by atoms with Gasteiger partial charge in [-0.1, -0.05) is 32.8 Å². The second-order valence-corrected chi connectivity index (χ2v) is 5.22. The maximum atomic E-state index is 12.1. The number of amides is 1. The number of nitrogens with one attached hydrogen (secondary N) is 2. The number of pyridine rings is 2. The standard InChI is InChI=1S/C17H21N3O2/c1-3-12(4-2)11-19-16(21)13-8-9-15(20-17(13)22)14-7-5-6-10-18-14/h5-10,12H,3-4,11H2,1-2H3,(H,19,21)(H,20,22). The number of carbonyl (C=O) groups is 1. The van der Waals surface area contributed by atoms with Gasteiger partial charge < -0.3 is 10.3 Å². The maximum absolute atomic E-state index is 12.1. The number of carbonyl (C=O) groups excluding carboxylic acids is 1. The van der Waals surface area contributed by atoms with Crippen LogP contribution in [0.4, 0.5) is 0 Å². The van der Waals surface area contributed by atoms with Gasteiger partial charge in [0.1, 0.15) is 5.56 Å². The molecule has 0 aliphatic rings. The number of rotatable bonds is 6. The first-order chi connectivity index (χ1) is 10.7. The molecular weight excluding hydrogens is 278 g/mol. The highest BCUT2D eigenvalue weighted by atomic mass is 16.2. The lowest BCUT2D eigenvalue weighted by Crippen LogP contribution is -2.33. The summed E-state index contributed by atoms with van der Waals surface area (Å²) in [5, 5.41) is 2.83. The minimum absolute atomic E-state index is 0.130. The zero-order chi connectivity index (χ0) is 15.9. The van der Waals surface area contributed by atoms with Crippen LogP contribution in [-0.4, -0.2) is 22.4 Å². The molecule has 2 aromatic heterocycles.